The topological polar surface area (TPSA) is 47.9 Å². The molecule has 2 unspecified atom stereocenters. The predicted molar refractivity (Wildman–Crippen MR) is 72.8 cm³/mol. The number of piperidine rings is 1. The summed E-state index contributed by atoms with van der Waals surface area (Å²) in [7, 11) is 0. The number of hydrogen-bond acceptors (Lipinski definition) is 3. The van der Waals surface area contributed by atoms with E-state index in [2.05, 4.69) is 16.7 Å². The fourth-order valence-corrected chi connectivity index (χ4v) is 3.30. The predicted octanol–water partition coefficient (Wildman–Crippen LogP) is 2.91. The molecule has 0 amide bonds. The molecule has 94 valence electrons. The van der Waals surface area contributed by atoms with Gasteiger partial charge in [0.15, 0.2) is 0 Å². The van der Waals surface area contributed by atoms with E-state index in [1.807, 2.05) is 6.07 Å². The van der Waals surface area contributed by atoms with Crippen LogP contribution in [0.1, 0.15) is 31.2 Å². The fraction of sp³-hybridized carbons (Fsp3) is 0.500. The van der Waals surface area contributed by atoms with Crippen LogP contribution in [0.25, 0.3) is 0 Å². The molecule has 2 saturated heterocycles. The monoisotopic (exact) mass is 261 g/mol. The van der Waals surface area contributed by atoms with Gasteiger partial charge in [0.1, 0.15) is 6.07 Å². The summed E-state index contributed by atoms with van der Waals surface area (Å²) in [6, 6.07) is 9.35. The van der Waals surface area contributed by atoms with Gasteiger partial charge in [-0.3, -0.25) is 0 Å². The van der Waals surface area contributed by atoms with Crippen LogP contribution < -0.4 is 10.6 Å². The number of benzene rings is 1. The maximum absolute atomic E-state index is 9.11. The molecule has 2 bridgehead atoms. The number of nitrogens with one attached hydrogen (secondary N) is 2. The minimum Gasteiger partial charge on any atom is -0.381 e. The maximum atomic E-state index is 9.11. The van der Waals surface area contributed by atoms with Gasteiger partial charge in [-0.2, -0.15) is 5.26 Å². The molecule has 0 aliphatic carbocycles. The first-order valence-corrected chi connectivity index (χ1v) is 6.84. The Hall–Kier alpha value is -1.24. The smallest absolute Gasteiger partial charge is 0.101 e. The number of anilines is 1. The van der Waals surface area contributed by atoms with Crippen molar-refractivity contribution in [1.82, 2.24) is 5.32 Å². The highest BCUT2D eigenvalue weighted by atomic mass is 35.5. The average Bonchev–Trinajstić information content (AvgIpc) is 2.69. The fourth-order valence-electron chi connectivity index (χ4n) is 3.13. The van der Waals surface area contributed by atoms with Crippen molar-refractivity contribution in [2.24, 2.45) is 0 Å². The van der Waals surface area contributed by atoms with Crippen molar-refractivity contribution in [2.75, 3.05) is 5.32 Å². The zero-order valence-electron chi connectivity index (χ0n) is 10.1. The molecule has 4 heteroatoms. The highest BCUT2D eigenvalue weighted by Gasteiger charge is 2.33. The molecular formula is C14H16ClN3. The van der Waals surface area contributed by atoms with Crippen LogP contribution >= 0.6 is 11.6 Å². The Morgan fingerprint density at radius 2 is 2.00 bits per heavy atom. The summed E-state index contributed by atoms with van der Waals surface area (Å²) in [5.41, 5.74) is 1.54. The number of fused-ring (bicyclic) bond motifs is 2. The second-order valence-corrected chi connectivity index (χ2v) is 5.69. The highest BCUT2D eigenvalue weighted by Crippen LogP contribution is 2.30. The van der Waals surface area contributed by atoms with E-state index in [-0.39, 0.29) is 0 Å². The third kappa shape index (κ3) is 2.31. The van der Waals surface area contributed by atoms with Crippen LogP contribution in [-0.4, -0.2) is 18.1 Å². The summed E-state index contributed by atoms with van der Waals surface area (Å²) < 4.78 is 0. The molecule has 0 saturated carbocycles. The zero-order valence-corrected chi connectivity index (χ0v) is 10.9. The number of hydrogen-bond donors (Lipinski definition) is 2. The van der Waals surface area contributed by atoms with Gasteiger partial charge in [0.2, 0.25) is 0 Å². The SMILES string of the molecule is N#Cc1ccc(Cl)cc1NC1CC2CCC(C1)N2. The Balaban J connectivity index is 1.76. The first-order chi connectivity index (χ1) is 8.74. The molecule has 2 atom stereocenters. The van der Waals surface area contributed by atoms with Gasteiger partial charge < -0.3 is 10.6 Å². The summed E-state index contributed by atoms with van der Waals surface area (Å²) in [6.07, 6.45) is 4.83. The molecule has 0 radical (unpaired) electrons. The minimum absolute atomic E-state index is 0.453. The van der Waals surface area contributed by atoms with E-state index in [9.17, 15) is 0 Å². The van der Waals surface area contributed by atoms with Crippen LogP contribution in [0.15, 0.2) is 18.2 Å². The third-order valence-electron chi connectivity index (χ3n) is 3.93. The van der Waals surface area contributed by atoms with Crippen LogP contribution in [0.5, 0.6) is 0 Å². The van der Waals surface area contributed by atoms with Gasteiger partial charge in [0.05, 0.1) is 11.3 Å². The van der Waals surface area contributed by atoms with Crippen molar-refractivity contribution in [3.8, 4) is 6.07 Å². The second-order valence-electron chi connectivity index (χ2n) is 5.25. The van der Waals surface area contributed by atoms with Gasteiger partial charge in [0.25, 0.3) is 0 Å². The van der Waals surface area contributed by atoms with Gasteiger partial charge >= 0.3 is 0 Å². The molecule has 2 fully saturated rings. The van der Waals surface area contributed by atoms with E-state index in [4.69, 9.17) is 16.9 Å². The summed E-state index contributed by atoms with van der Waals surface area (Å²) in [5.74, 6) is 0. The normalized spacial score (nSPS) is 29.9. The summed E-state index contributed by atoms with van der Waals surface area (Å²) in [4.78, 5) is 0. The summed E-state index contributed by atoms with van der Waals surface area (Å²) >= 11 is 6.00. The van der Waals surface area contributed by atoms with Crippen molar-refractivity contribution in [2.45, 2.75) is 43.8 Å². The second kappa shape index (κ2) is 4.79. The highest BCUT2D eigenvalue weighted by molar-refractivity contribution is 6.30. The molecule has 2 N–H and O–H groups in total. The zero-order chi connectivity index (χ0) is 12.5. The van der Waals surface area contributed by atoms with Crippen LogP contribution in [-0.2, 0) is 0 Å². The molecule has 18 heavy (non-hydrogen) atoms. The Bertz CT molecular complexity index is 482. The number of halogens is 1. The standard InChI is InChI=1S/C14H16ClN3/c15-10-2-1-9(8-16)14(5-10)18-13-6-11-3-4-12(7-13)17-11/h1-2,5,11-13,17-18H,3-4,6-7H2. The van der Waals surface area contributed by atoms with Gasteiger partial charge in [-0.1, -0.05) is 11.6 Å². The average molecular weight is 262 g/mol. The largest absolute Gasteiger partial charge is 0.381 e. The summed E-state index contributed by atoms with van der Waals surface area (Å²) in [6.45, 7) is 0. The van der Waals surface area contributed by atoms with E-state index >= 15 is 0 Å². The minimum atomic E-state index is 0.453. The lowest BCUT2D eigenvalue weighted by Crippen LogP contribution is -2.43. The van der Waals surface area contributed by atoms with E-state index < -0.39 is 0 Å². The first kappa shape index (κ1) is 11.8. The van der Waals surface area contributed by atoms with Crippen molar-refractivity contribution < 1.29 is 0 Å². The van der Waals surface area contributed by atoms with Crippen LogP contribution in [0.4, 0.5) is 5.69 Å². The van der Waals surface area contributed by atoms with E-state index in [0.717, 1.165) is 18.5 Å². The van der Waals surface area contributed by atoms with Crippen molar-refractivity contribution >= 4 is 17.3 Å². The first-order valence-electron chi connectivity index (χ1n) is 6.47. The number of rotatable bonds is 2. The molecule has 0 aromatic heterocycles. The lowest BCUT2D eigenvalue weighted by atomic mass is 9.99. The van der Waals surface area contributed by atoms with Crippen molar-refractivity contribution in [1.29, 1.82) is 5.26 Å². The Kier molecular flexibility index (Phi) is 3.15. The number of nitrogens with zero attached hydrogens (tertiary/aromatic N) is 1. The lowest BCUT2D eigenvalue weighted by molar-refractivity contribution is 0.378. The molecule has 1 aromatic carbocycles. The van der Waals surface area contributed by atoms with Gasteiger partial charge in [0, 0.05) is 23.1 Å². The lowest BCUT2D eigenvalue weighted by Gasteiger charge is -2.30. The Labute approximate surface area is 112 Å². The molecule has 0 spiro atoms. The van der Waals surface area contributed by atoms with E-state index in [1.165, 1.54) is 12.8 Å². The molecule has 3 nitrogen and oxygen atoms in total. The molecule has 1 aromatic rings. The van der Waals surface area contributed by atoms with Gasteiger partial charge in [-0.25, -0.2) is 0 Å². The Morgan fingerprint density at radius 1 is 1.28 bits per heavy atom. The Morgan fingerprint density at radius 3 is 2.67 bits per heavy atom. The maximum Gasteiger partial charge on any atom is 0.101 e. The molecule has 2 aliphatic rings. The molecule has 3 rings (SSSR count). The summed E-state index contributed by atoms with van der Waals surface area (Å²) in [5, 5.41) is 16.9. The van der Waals surface area contributed by atoms with E-state index in [1.54, 1.807) is 12.1 Å². The van der Waals surface area contributed by atoms with E-state index in [0.29, 0.717) is 28.7 Å². The third-order valence-corrected chi connectivity index (χ3v) is 4.17. The quantitative estimate of drug-likeness (QED) is 0.861. The molecular weight excluding hydrogens is 246 g/mol. The molecule has 2 aliphatic heterocycles. The van der Waals surface area contributed by atoms with Crippen molar-refractivity contribution in [3.05, 3.63) is 28.8 Å². The van der Waals surface area contributed by atoms with Crippen LogP contribution in [0, 0.1) is 11.3 Å². The van der Waals surface area contributed by atoms with Gasteiger partial charge in [-0.05, 0) is 43.9 Å². The molecule has 2 heterocycles. The van der Waals surface area contributed by atoms with Crippen LogP contribution in [0.2, 0.25) is 5.02 Å². The number of nitriles is 1. The van der Waals surface area contributed by atoms with Crippen molar-refractivity contribution in [3.63, 3.8) is 0 Å². The van der Waals surface area contributed by atoms with Crippen LogP contribution in [0.3, 0.4) is 0 Å². The van der Waals surface area contributed by atoms with Gasteiger partial charge in [-0.15, -0.1) is 0 Å².